The third-order valence-electron chi connectivity index (χ3n) is 2.63. The van der Waals surface area contributed by atoms with Gasteiger partial charge in [0.25, 0.3) is 0 Å². The van der Waals surface area contributed by atoms with Crippen molar-refractivity contribution in [3.05, 3.63) is 0 Å². The van der Waals surface area contributed by atoms with Gasteiger partial charge in [0.1, 0.15) is 6.17 Å². The normalized spacial score (nSPS) is 30.7. The molecule has 2 nitrogen and oxygen atoms in total. The third kappa shape index (κ3) is 3.24. The van der Waals surface area contributed by atoms with Crippen LogP contribution in [0.5, 0.6) is 0 Å². The summed E-state index contributed by atoms with van der Waals surface area (Å²) in [5, 5.41) is 3.20. The molecule has 0 amide bonds. The van der Waals surface area contributed by atoms with Gasteiger partial charge in [0, 0.05) is 12.6 Å². The lowest BCUT2D eigenvalue weighted by Gasteiger charge is -2.34. The molecule has 0 bridgehead atoms. The van der Waals surface area contributed by atoms with Gasteiger partial charge in [-0.15, -0.1) is 0 Å². The van der Waals surface area contributed by atoms with Crippen LogP contribution in [0.15, 0.2) is 0 Å². The predicted molar refractivity (Wildman–Crippen MR) is 53.7 cm³/mol. The van der Waals surface area contributed by atoms with Gasteiger partial charge < -0.3 is 10.2 Å². The quantitative estimate of drug-likeness (QED) is 0.718. The van der Waals surface area contributed by atoms with E-state index in [1.807, 2.05) is 6.92 Å². The van der Waals surface area contributed by atoms with Crippen molar-refractivity contribution in [2.24, 2.45) is 0 Å². The molecule has 1 aliphatic rings. The lowest BCUT2D eigenvalue weighted by Crippen LogP contribution is -2.50. The van der Waals surface area contributed by atoms with Gasteiger partial charge in [-0.05, 0) is 32.5 Å². The molecular weight excluding hydrogens is 167 g/mol. The van der Waals surface area contributed by atoms with Crippen molar-refractivity contribution in [1.29, 1.82) is 0 Å². The first-order valence-corrected chi connectivity index (χ1v) is 5.37. The van der Waals surface area contributed by atoms with Gasteiger partial charge in [-0.25, -0.2) is 4.39 Å². The molecule has 0 aromatic carbocycles. The van der Waals surface area contributed by atoms with E-state index in [9.17, 15) is 4.39 Å². The Bertz CT molecular complexity index is 141. The minimum atomic E-state index is -0.680. The van der Waals surface area contributed by atoms with Crippen molar-refractivity contribution in [2.45, 2.75) is 38.9 Å². The molecule has 2 atom stereocenters. The summed E-state index contributed by atoms with van der Waals surface area (Å²) in [5.74, 6) is 0. The Morgan fingerprint density at radius 3 is 2.77 bits per heavy atom. The summed E-state index contributed by atoms with van der Waals surface area (Å²) in [6.45, 7) is 7.75. The number of piperidine rings is 1. The number of likely N-dealkylation sites (tertiary alicyclic amines) is 1. The molecule has 0 radical (unpaired) electrons. The lowest BCUT2D eigenvalue weighted by molar-refractivity contribution is 0.105. The maximum absolute atomic E-state index is 13.5. The monoisotopic (exact) mass is 188 g/mol. The molecule has 78 valence electrons. The first kappa shape index (κ1) is 10.9. The zero-order chi connectivity index (χ0) is 9.68. The molecular formula is C10H21FN2. The van der Waals surface area contributed by atoms with Crippen LogP contribution >= 0.6 is 0 Å². The zero-order valence-corrected chi connectivity index (χ0v) is 8.72. The topological polar surface area (TPSA) is 15.3 Å². The molecule has 13 heavy (non-hydrogen) atoms. The van der Waals surface area contributed by atoms with E-state index < -0.39 is 6.17 Å². The molecule has 0 aromatic heterocycles. The van der Waals surface area contributed by atoms with Gasteiger partial charge in [-0.3, -0.25) is 0 Å². The second-order valence-corrected chi connectivity index (χ2v) is 3.77. The Morgan fingerprint density at radius 2 is 2.23 bits per heavy atom. The van der Waals surface area contributed by atoms with Crippen LogP contribution in [0.4, 0.5) is 4.39 Å². The van der Waals surface area contributed by atoms with Crippen LogP contribution in [-0.4, -0.2) is 43.3 Å². The predicted octanol–water partition coefficient (Wildman–Crippen LogP) is 1.42. The maximum Gasteiger partial charge on any atom is 0.128 e. The van der Waals surface area contributed by atoms with Crippen LogP contribution in [0, 0.1) is 0 Å². The highest BCUT2D eigenvalue weighted by atomic mass is 19.1. The first-order chi connectivity index (χ1) is 6.27. The van der Waals surface area contributed by atoms with Crippen LogP contribution in [0.25, 0.3) is 0 Å². The highest BCUT2D eigenvalue weighted by Gasteiger charge is 2.27. The molecule has 1 rings (SSSR count). The van der Waals surface area contributed by atoms with Crippen LogP contribution in [-0.2, 0) is 0 Å². The van der Waals surface area contributed by atoms with E-state index in [0.717, 1.165) is 32.5 Å². The molecule has 2 unspecified atom stereocenters. The first-order valence-electron chi connectivity index (χ1n) is 5.37. The Labute approximate surface area is 80.5 Å². The van der Waals surface area contributed by atoms with Crippen LogP contribution < -0.4 is 5.32 Å². The maximum atomic E-state index is 13.5. The van der Waals surface area contributed by atoms with E-state index in [-0.39, 0.29) is 6.04 Å². The number of alkyl halides is 1. The van der Waals surface area contributed by atoms with Gasteiger partial charge in [-0.1, -0.05) is 13.8 Å². The summed E-state index contributed by atoms with van der Waals surface area (Å²) in [6.07, 6.45) is 1.40. The summed E-state index contributed by atoms with van der Waals surface area (Å²) < 4.78 is 13.5. The molecule has 1 saturated heterocycles. The van der Waals surface area contributed by atoms with Crippen molar-refractivity contribution in [1.82, 2.24) is 10.2 Å². The third-order valence-corrected chi connectivity index (χ3v) is 2.63. The number of nitrogens with one attached hydrogen (secondary N) is 1. The standard InChI is InChI=1S/C10H21FN2/c1-3-6-13-7-5-10(12-4-2)9(11)8-13/h9-10,12H,3-8H2,1-2H3. The van der Waals surface area contributed by atoms with Crippen LogP contribution in [0.3, 0.4) is 0 Å². The van der Waals surface area contributed by atoms with E-state index >= 15 is 0 Å². The van der Waals surface area contributed by atoms with Crippen molar-refractivity contribution in [3.63, 3.8) is 0 Å². The minimum Gasteiger partial charge on any atom is -0.311 e. The number of rotatable bonds is 4. The van der Waals surface area contributed by atoms with Crippen LogP contribution in [0.1, 0.15) is 26.7 Å². The fourth-order valence-electron chi connectivity index (χ4n) is 1.98. The zero-order valence-electron chi connectivity index (χ0n) is 8.72. The minimum absolute atomic E-state index is 0.0955. The second kappa shape index (κ2) is 5.55. The highest BCUT2D eigenvalue weighted by molar-refractivity contribution is 4.84. The molecule has 1 fully saturated rings. The molecule has 0 saturated carbocycles. The summed E-state index contributed by atoms with van der Waals surface area (Å²) in [6, 6.07) is 0.0955. The lowest BCUT2D eigenvalue weighted by atomic mass is 10.0. The van der Waals surface area contributed by atoms with Crippen molar-refractivity contribution in [2.75, 3.05) is 26.2 Å². The number of halogens is 1. The SMILES string of the molecule is CCCN1CCC(NCC)C(F)C1. The van der Waals surface area contributed by atoms with Crippen LogP contribution in [0.2, 0.25) is 0 Å². The molecule has 0 spiro atoms. The van der Waals surface area contributed by atoms with Gasteiger partial charge in [0.2, 0.25) is 0 Å². The summed E-state index contributed by atoms with van der Waals surface area (Å²) in [7, 11) is 0. The average Bonchev–Trinajstić information content (AvgIpc) is 2.10. The molecule has 0 aromatic rings. The highest BCUT2D eigenvalue weighted by Crippen LogP contribution is 2.14. The van der Waals surface area contributed by atoms with Gasteiger partial charge >= 0.3 is 0 Å². The summed E-state index contributed by atoms with van der Waals surface area (Å²) >= 11 is 0. The van der Waals surface area contributed by atoms with Gasteiger partial charge in [-0.2, -0.15) is 0 Å². The Morgan fingerprint density at radius 1 is 1.46 bits per heavy atom. The van der Waals surface area contributed by atoms with Crippen molar-refractivity contribution < 1.29 is 4.39 Å². The molecule has 1 heterocycles. The smallest absolute Gasteiger partial charge is 0.128 e. The molecule has 0 aliphatic carbocycles. The fraction of sp³-hybridized carbons (Fsp3) is 1.00. The fourth-order valence-corrected chi connectivity index (χ4v) is 1.98. The number of nitrogens with zero attached hydrogens (tertiary/aromatic N) is 1. The average molecular weight is 188 g/mol. The summed E-state index contributed by atoms with van der Waals surface area (Å²) in [5.41, 5.74) is 0. The number of hydrogen-bond acceptors (Lipinski definition) is 2. The summed E-state index contributed by atoms with van der Waals surface area (Å²) in [4.78, 5) is 2.22. The van der Waals surface area contributed by atoms with Gasteiger partial charge in [0.15, 0.2) is 0 Å². The molecule has 3 heteroatoms. The molecule has 1 aliphatic heterocycles. The van der Waals surface area contributed by atoms with E-state index in [1.165, 1.54) is 0 Å². The van der Waals surface area contributed by atoms with E-state index in [4.69, 9.17) is 0 Å². The van der Waals surface area contributed by atoms with Gasteiger partial charge in [0.05, 0.1) is 0 Å². The second-order valence-electron chi connectivity index (χ2n) is 3.77. The van der Waals surface area contributed by atoms with E-state index in [1.54, 1.807) is 0 Å². The van der Waals surface area contributed by atoms with E-state index in [0.29, 0.717) is 6.54 Å². The number of hydrogen-bond donors (Lipinski definition) is 1. The Hall–Kier alpha value is -0.150. The molecule has 1 N–H and O–H groups in total. The van der Waals surface area contributed by atoms with Crippen molar-refractivity contribution >= 4 is 0 Å². The Kier molecular flexibility index (Phi) is 4.67. The van der Waals surface area contributed by atoms with Crippen molar-refractivity contribution in [3.8, 4) is 0 Å². The van der Waals surface area contributed by atoms with E-state index in [2.05, 4.69) is 17.1 Å². The Balaban J connectivity index is 2.28. The largest absolute Gasteiger partial charge is 0.311 e.